The number of hydrogen-bond donors (Lipinski definition) is 0. The quantitative estimate of drug-likeness (QED) is 0.322. The lowest BCUT2D eigenvalue weighted by Crippen LogP contribution is -2.43. The highest BCUT2D eigenvalue weighted by molar-refractivity contribution is 6.74. The van der Waals surface area contributed by atoms with Crippen molar-refractivity contribution in [1.29, 1.82) is 0 Å². The number of hydrogen-bond acceptors (Lipinski definition) is 4. The van der Waals surface area contributed by atoms with Gasteiger partial charge in [-0.3, -0.25) is 0 Å². The second-order valence-corrected chi connectivity index (χ2v) is 12.6. The minimum absolute atomic E-state index is 0.0460. The highest BCUT2D eigenvalue weighted by atomic mass is 28.4. The Bertz CT molecular complexity index is 312. The number of carbonyl (C=O) groups excluding carboxylic acids is 1. The van der Waals surface area contributed by atoms with E-state index < -0.39 is 8.32 Å². The molecule has 4 nitrogen and oxygen atoms in total. The molecule has 3 atom stereocenters. The molecule has 0 radical (unpaired) electrons. The molecule has 0 aliphatic heterocycles. The fourth-order valence-corrected chi connectivity index (χ4v) is 3.29. The Balaban J connectivity index is 4.68. The summed E-state index contributed by atoms with van der Waals surface area (Å²) < 4.78 is 17.2. The van der Waals surface area contributed by atoms with Crippen LogP contribution in [-0.4, -0.2) is 41.2 Å². The van der Waals surface area contributed by atoms with Crippen LogP contribution in [0.25, 0.3) is 0 Å². The topological polar surface area (TPSA) is 44.8 Å². The molecule has 0 rings (SSSR count). The van der Waals surface area contributed by atoms with Crippen molar-refractivity contribution in [1.82, 2.24) is 0 Å². The summed E-state index contributed by atoms with van der Waals surface area (Å²) in [6, 6.07) is 0. The number of aldehydes is 1. The lowest BCUT2D eigenvalue weighted by Gasteiger charge is -2.38. The lowest BCUT2D eigenvalue weighted by atomic mass is 9.90. The van der Waals surface area contributed by atoms with Crippen LogP contribution in [0.4, 0.5) is 0 Å². The van der Waals surface area contributed by atoms with Crippen LogP contribution < -0.4 is 0 Å². The molecule has 0 aromatic rings. The minimum Gasteiger partial charge on any atom is -0.416 e. The molecule has 22 heavy (non-hydrogen) atoms. The van der Waals surface area contributed by atoms with Gasteiger partial charge in [-0.05, 0) is 30.5 Å². The molecule has 0 amide bonds. The molecule has 0 aromatic heterocycles. The van der Waals surface area contributed by atoms with E-state index in [0.29, 0.717) is 18.9 Å². The highest BCUT2D eigenvalue weighted by Crippen LogP contribution is 2.37. The fraction of sp³-hybridized carbons (Fsp3) is 0.941. The SMILES string of the molecule is COCO[C@@H]([C@@H](C)CCC=O)[C@@H](C)CO[Si](C)(C)C(C)(C)C. The summed E-state index contributed by atoms with van der Waals surface area (Å²) >= 11 is 0. The Kier molecular flexibility index (Phi) is 9.70. The van der Waals surface area contributed by atoms with Gasteiger partial charge in [0.25, 0.3) is 0 Å². The first-order valence-corrected chi connectivity index (χ1v) is 11.2. The molecule has 132 valence electrons. The van der Waals surface area contributed by atoms with Gasteiger partial charge in [0, 0.05) is 26.1 Å². The predicted octanol–water partition coefficient (Wildman–Crippen LogP) is 4.25. The maximum atomic E-state index is 10.6. The molecule has 0 spiro atoms. The van der Waals surface area contributed by atoms with Crippen LogP contribution in [-0.2, 0) is 18.7 Å². The van der Waals surface area contributed by atoms with Crippen molar-refractivity contribution < 1.29 is 18.7 Å². The fourth-order valence-electron chi connectivity index (χ4n) is 2.18. The second kappa shape index (κ2) is 9.81. The molecular formula is C17H36O4Si. The molecule has 0 N–H and O–H groups in total. The van der Waals surface area contributed by atoms with Gasteiger partial charge in [-0.1, -0.05) is 34.6 Å². The van der Waals surface area contributed by atoms with Crippen molar-refractivity contribution in [3.8, 4) is 0 Å². The third kappa shape index (κ3) is 7.35. The maximum absolute atomic E-state index is 10.6. The molecule has 0 fully saturated rings. The second-order valence-electron chi connectivity index (χ2n) is 7.81. The van der Waals surface area contributed by atoms with E-state index in [-0.39, 0.29) is 23.9 Å². The molecule has 0 bridgehead atoms. The molecular weight excluding hydrogens is 296 g/mol. The first-order valence-electron chi connectivity index (χ1n) is 8.25. The normalized spacial score (nSPS) is 17.1. The van der Waals surface area contributed by atoms with E-state index in [9.17, 15) is 4.79 Å². The molecule has 0 aliphatic rings. The van der Waals surface area contributed by atoms with Crippen LogP contribution in [0.3, 0.4) is 0 Å². The average molecular weight is 333 g/mol. The standard InChI is InChI=1S/C17H36O4Si/c1-14(10-9-11-18)16(20-13-19-6)15(2)12-21-22(7,8)17(3,4)5/h11,14-16H,9-10,12-13H2,1-8H3/t14-,15-,16-/m0/s1. The Morgan fingerprint density at radius 2 is 1.73 bits per heavy atom. The molecule has 0 heterocycles. The Morgan fingerprint density at radius 1 is 1.14 bits per heavy atom. The van der Waals surface area contributed by atoms with Crippen molar-refractivity contribution in [2.24, 2.45) is 11.8 Å². The third-order valence-electron chi connectivity index (χ3n) is 4.75. The summed E-state index contributed by atoms with van der Waals surface area (Å²) in [5, 5.41) is 0.207. The van der Waals surface area contributed by atoms with E-state index in [4.69, 9.17) is 13.9 Å². The lowest BCUT2D eigenvalue weighted by molar-refractivity contribution is -0.116. The summed E-state index contributed by atoms with van der Waals surface area (Å²) in [5.41, 5.74) is 0. The summed E-state index contributed by atoms with van der Waals surface area (Å²) in [5.74, 6) is 0.573. The highest BCUT2D eigenvalue weighted by Gasteiger charge is 2.38. The maximum Gasteiger partial charge on any atom is 0.191 e. The molecule has 5 heteroatoms. The Morgan fingerprint density at radius 3 is 2.18 bits per heavy atom. The molecule has 0 unspecified atom stereocenters. The molecule has 0 aromatic carbocycles. The van der Waals surface area contributed by atoms with E-state index in [2.05, 4.69) is 47.7 Å². The van der Waals surface area contributed by atoms with Gasteiger partial charge in [0.2, 0.25) is 0 Å². The zero-order valence-corrected chi connectivity index (χ0v) is 16.8. The smallest absolute Gasteiger partial charge is 0.191 e. The van der Waals surface area contributed by atoms with Gasteiger partial charge in [-0.25, -0.2) is 0 Å². The molecule has 0 saturated carbocycles. The van der Waals surface area contributed by atoms with Crippen LogP contribution in [0, 0.1) is 11.8 Å². The largest absolute Gasteiger partial charge is 0.416 e. The monoisotopic (exact) mass is 332 g/mol. The van der Waals surface area contributed by atoms with Crippen LogP contribution in [0.1, 0.15) is 47.5 Å². The number of carbonyl (C=O) groups is 1. The minimum atomic E-state index is -1.75. The van der Waals surface area contributed by atoms with Crippen molar-refractivity contribution in [2.45, 2.75) is 71.7 Å². The van der Waals surface area contributed by atoms with E-state index in [1.807, 2.05) is 0 Å². The van der Waals surface area contributed by atoms with Gasteiger partial charge in [-0.2, -0.15) is 0 Å². The van der Waals surface area contributed by atoms with Crippen LogP contribution in [0.5, 0.6) is 0 Å². The zero-order chi connectivity index (χ0) is 17.4. The first-order chi connectivity index (χ1) is 10.1. The first kappa shape index (κ1) is 21.8. The average Bonchev–Trinajstić information content (AvgIpc) is 2.42. The molecule has 0 saturated heterocycles. The van der Waals surface area contributed by atoms with Gasteiger partial charge in [0.1, 0.15) is 13.1 Å². The van der Waals surface area contributed by atoms with Crippen molar-refractivity contribution in [3.05, 3.63) is 0 Å². The van der Waals surface area contributed by atoms with E-state index in [0.717, 1.165) is 12.7 Å². The van der Waals surface area contributed by atoms with Crippen LogP contribution in [0.2, 0.25) is 18.1 Å². The van der Waals surface area contributed by atoms with Gasteiger partial charge in [-0.15, -0.1) is 0 Å². The van der Waals surface area contributed by atoms with E-state index in [1.165, 1.54) is 0 Å². The number of methoxy groups -OCH3 is 1. The number of rotatable bonds is 11. The van der Waals surface area contributed by atoms with E-state index in [1.54, 1.807) is 7.11 Å². The van der Waals surface area contributed by atoms with Gasteiger partial charge in [0.15, 0.2) is 8.32 Å². The van der Waals surface area contributed by atoms with Crippen molar-refractivity contribution in [2.75, 3.05) is 20.5 Å². The predicted molar refractivity (Wildman–Crippen MR) is 93.5 cm³/mol. The third-order valence-corrected chi connectivity index (χ3v) is 9.25. The summed E-state index contributed by atoms with van der Waals surface area (Å²) in [7, 11) is -0.119. The zero-order valence-electron chi connectivity index (χ0n) is 15.8. The number of ether oxygens (including phenoxy) is 2. The summed E-state index contributed by atoms with van der Waals surface area (Å²) in [4.78, 5) is 10.6. The Hall–Kier alpha value is -0.233. The van der Waals surface area contributed by atoms with E-state index >= 15 is 0 Å². The van der Waals surface area contributed by atoms with Gasteiger partial charge in [0.05, 0.1) is 6.10 Å². The Labute approximate surface area is 138 Å². The summed E-state index contributed by atoms with van der Waals surface area (Å²) in [6.07, 6.45) is 2.43. The van der Waals surface area contributed by atoms with Crippen molar-refractivity contribution >= 4 is 14.6 Å². The van der Waals surface area contributed by atoms with Gasteiger partial charge >= 0.3 is 0 Å². The van der Waals surface area contributed by atoms with Crippen molar-refractivity contribution in [3.63, 3.8) is 0 Å². The van der Waals surface area contributed by atoms with Crippen LogP contribution >= 0.6 is 0 Å². The molecule has 0 aliphatic carbocycles. The summed E-state index contributed by atoms with van der Waals surface area (Å²) in [6.45, 7) is 16.5. The van der Waals surface area contributed by atoms with Crippen LogP contribution in [0.15, 0.2) is 0 Å². The van der Waals surface area contributed by atoms with Gasteiger partial charge < -0.3 is 18.7 Å².